The van der Waals surface area contributed by atoms with Crippen LogP contribution in [0.4, 0.5) is 0 Å². The van der Waals surface area contributed by atoms with Crippen LogP contribution in [0.1, 0.15) is 39.7 Å². The van der Waals surface area contributed by atoms with Crippen molar-refractivity contribution in [1.82, 2.24) is 0 Å². The normalized spacial score (nSPS) is 13.4. The lowest BCUT2D eigenvalue weighted by atomic mass is 9.75. The highest BCUT2D eigenvalue weighted by Crippen LogP contribution is 2.41. The molecule has 1 unspecified atom stereocenters. The molecule has 0 amide bonds. The molecule has 0 aliphatic rings. The zero-order valence-electron chi connectivity index (χ0n) is 11.9. The summed E-state index contributed by atoms with van der Waals surface area (Å²) >= 11 is 0. The van der Waals surface area contributed by atoms with Crippen molar-refractivity contribution in [2.75, 3.05) is 7.11 Å². The summed E-state index contributed by atoms with van der Waals surface area (Å²) in [5.74, 6) is 1.07. The molecule has 1 atom stereocenters. The fourth-order valence-corrected chi connectivity index (χ4v) is 2.34. The minimum atomic E-state index is 0.0778. The Balaban J connectivity index is 3.13. The van der Waals surface area contributed by atoms with Gasteiger partial charge in [0.1, 0.15) is 5.75 Å². The van der Waals surface area contributed by atoms with Gasteiger partial charge in [-0.15, -0.1) is 0 Å². The lowest BCUT2D eigenvalue weighted by Gasteiger charge is -2.30. The van der Waals surface area contributed by atoms with Gasteiger partial charge in [-0.2, -0.15) is 0 Å². The van der Waals surface area contributed by atoms with Gasteiger partial charge in [-0.05, 0) is 29.9 Å². The predicted octanol–water partition coefficient (Wildman–Crippen LogP) is 3.72. The van der Waals surface area contributed by atoms with E-state index in [0.717, 1.165) is 6.42 Å². The monoisotopic (exact) mass is 252 g/mol. The maximum absolute atomic E-state index is 9.97. The maximum Gasteiger partial charge on any atom is 0.167 e. The molecule has 0 aliphatic carbocycles. The van der Waals surface area contributed by atoms with Crippen LogP contribution in [0.15, 0.2) is 12.1 Å². The van der Waals surface area contributed by atoms with Crippen LogP contribution in [0.25, 0.3) is 0 Å². The second-order valence-electron chi connectivity index (χ2n) is 5.79. The quantitative estimate of drug-likeness (QED) is 0.803. The van der Waals surface area contributed by atoms with E-state index in [9.17, 15) is 10.2 Å². The van der Waals surface area contributed by atoms with Gasteiger partial charge in [-0.3, -0.25) is 0 Å². The molecule has 0 aromatic heterocycles. The van der Waals surface area contributed by atoms with Crippen LogP contribution >= 0.6 is 0 Å². The largest absolute Gasteiger partial charge is 0.508 e. The fraction of sp³-hybridized carbons (Fsp3) is 0.600. The van der Waals surface area contributed by atoms with Crippen LogP contribution in [-0.2, 0) is 6.42 Å². The summed E-state index contributed by atoms with van der Waals surface area (Å²) in [6, 6.07) is 2.97. The molecule has 1 rings (SSSR count). The van der Waals surface area contributed by atoms with Crippen LogP contribution in [0.3, 0.4) is 0 Å². The molecule has 0 radical (unpaired) electrons. The standard InChI is InChI=1S/C15H24O3/c1-6-10(15(2,3)4)9-11-12(16)7-8-13(17)14(11)18-5/h7-8,10,16-17H,6,9H2,1-5H3. The molecule has 0 saturated heterocycles. The van der Waals surface area contributed by atoms with Crippen LogP contribution in [-0.4, -0.2) is 17.3 Å². The molecule has 2 N–H and O–H groups in total. The van der Waals surface area contributed by atoms with Gasteiger partial charge in [-0.1, -0.05) is 34.1 Å². The first-order valence-corrected chi connectivity index (χ1v) is 6.39. The van der Waals surface area contributed by atoms with Crippen LogP contribution in [0.2, 0.25) is 0 Å². The number of rotatable bonds is 4. The Hall–Kier alpha value is -1.38. The molecule has 18 heavy (non-hydrogen) atoms. The Bertz CT molecular complexity index is 405. The Morgan fingerprint density at radius 1 is 1.17 bits per heavy atom. The molecule has 3 nitrogen and oxygen atoms in total. The van der Waals surface area contributed by atoms with E-state index < -0.39 is 0 Å². The smallest absolute Gasteiger partial charge is 0.167 e. The Morgan fingerprint density at radius 3 is 2.17 bits per heavy atom. The molecule has 3 heteroatoms. The second kappa shape index (κ2) is 5.51. The van der Waals surface area contributed by atoms with Crippen molar-refractivity contribution >= 4 is 0 Å². The first-order valence-electron chi connectivity index (χ1n) is 6.39. The van der Waals surface area contributed by atoms with E-state index in [-0.39, 0.29) is 16.9 Å². The molecule has 0 saturated carbocycles. The van der Waals surface area contributed by atoms with Crippen molar-refractivity contribution in [3.63, 3.8) is 0 Å². The molecule has 1 aromatic rings. The number of benzene rings is 1. The minimum absolute atomic E-state index is 0.0778. The number of hydrogen-bond acceptors (Lipinski definition) is 3. The average molecular weight is 252 g/mol. The van der Waals surface area contributed by atoms with E-state index in [0.29, 0.717) is 23.7 Å². The third-order valence-electron chi connectivity index (χ3n) is 3.59. The number of phenols is 2. The summed E-state index contributed by atoms with van der Waals surface area (Å²) in [6.45, 7) is 8.71. The van der Waals surface area contributed by atoms with E-state index in [1.54, 1.807) is 0 Å². The van der Waals surface area contributed by atoms with Gasteiger partial charge >= 0.3 is 0 Å². The third-order valence-corrected chi connectivity index (χ3v) is 3.59. The Morgan fingerprint density at radius 2 is 1.72 bits per heavy atom. The first-order chi connectivity index (χ1) is 8.31. The van der Waals surface area contributed by atoms with Crippen molar-refractivity contribution in [3.8, 4) is 17.2 Å². The Labute approximate surface area is 109 Å². The highest BCUT2D eigenvalue weighted by atomic mass is 16.5. The first kappa shape index (κ1) is 14.7. The highest BCUT2D eigenvalue weighted by molar-refractivity contribution is 5.52. The topological polar surface area (TPSA) is 49.7 Å². The summed E-state index contributed by atoms with van der Waals surface area (Å²) in [5.41, 5.74) is 0.844. The lowest BCUT2D eigenvalue weighted by Crippen LogP contribution is -2.22. The third kappa shape index (κ3) is 3.09. The van der Waals surface area contributed by atoms with Crippen molar-refractivity contribution in [1.29, 1.82) is 0 Å². The number of phenolic OH excluding ortho intramolecular Hbond substituents is 2. The van der Waals surface area contributed by atoms with Crippen molar-refractivity contribution in [3.05, 3.63) is 17.7 Å². The summed E-state index contributed by atoms with van der Waals surface area (Å²) in [5, 5.41) is 19.7. The molecule has 0 bridgehead atoms. The SMILES string of the molecule is CCC(Cc1c(O)ccc(O)c1OC)C(C)(C)C. The van der Waals surface area contributed by atoms with Gasteiger partial charge in [0.15, 0.2) is 11.5 Å². The van der Waals surface area contributed by atoms with Crippen LogP contribution in [0, 0.1) is 11.3 Å². The van der Waals surface area contributed by atoms with Crippen LogP contribution < -0.4 is 4.74 Å². The van der Waals surface area contributed by atoms with E-state index in [1.807, 2.05) is 0 Å². The summed E-state index contributed by atoms with van der Waals surface area (Å²) in [6.07, 6.45) is 1.71. The molecule has 0 spiro atoms. The van der Waals surface area contributed by atoms with Crippen molar-refractivity contribution < 1.29 is 14.9 Å². The second-order valence-corrected chi connectivity index (χ2v) is 5.79. The molecule has 0 aliphatic heterocycles. The number of ether oxygens (including phenoxy) is 1. The summed E-state index contributed by atoms with van der Waals surface area (Å²) < 4.78 is 5.20. The molecule has 0 fully saturated rings. The predicted molar refractivity (Wildman–Crippen MR) is 73.3 cm³/mol. The van der Waals surface area contributed by atoms with Crippen molar-refractivity contribution in [2.45, 2.75) is 40.5 Å². The summed E-state index contributed by atoms with van der Waals surface area (Å²) in [7, 11) is 1.51. The van der Waals surface area contributed by atoms with E-state index in [4.69, 9.17) is 4.74 Å². The van der Waals surface area contributed by atoms with Crippen LogP contribution in [0.5, 0.6) is 17.2 Å². The van der Waals surface area contributed by atoms with Gasteiger partial charge in [-0.25, -0.2) is 0 Å². The number of methoxy groups -OCH3 is 1. The lowest BCUT2D eigenvalue weighted by molar-refractivity contribution is 0.227. The minimum Gasteiger partial charge on any atom is -0.508 e. The van der Waals surface area contributed by atoms with Gasteiger partial charge < -0.3 is 14.9 Å². The van der Waals surface area contributed by atoms with E-state index in [2.05, 4.69) is 27.7 Å². The molecule has 1 aromatic carbocycles. The fourth-order valence-electron chi connectivity index (χ4n) is 2.34. The van der Waals surface area contributed by atoms with E-state index in [1.165, 1.54) is 19.2 Å². The highest BCUT2D eigenvalue weighted by Gasteiger charge is 2.26. The van der Waals surface area contributed by atoms with E-state index >= 15 is 0 Å². The average Bonchev–Trinajstić information content (AvgIpc) is 2.28. The number of aromatic hydroxyl groups is 2. The van der Waals surface area contributed by atoms with Gasteiger partial charge in [0.2, 0.25) is 0 Å². The molecular weight excluding hydrogens is 228 g/mol. The van der Waals surface area contributed by atoms with Gasteiger partial charge in [0.05, 0.1) is 7.11 Å². The maximum atomic E-state index is 9.97. The van der Waals surface area contributed by atoms with Crippen molar-refractivity contribution in [2.24, 2.45) is 11.3 Å². The molecular formula is C15H24O3. The Kier molecular flexibility index (Phi) is 4.49. The van der Waals surface area contributed by atoms with Gasteiger partial charge in [0.25, 0.3) is 0 Å². The zero-order chi connectivity index (χ0) is 13.9. The zero-order valence-corrected chi connectivity index (χ0v) is 11.9. The summed E-state index contributed by atoms with van der Waals surface area (Å²) in [4.78, 5) is 0. The molecule has 0 heterocycles. The number of hydrogen-bond donors (Lipinski definition) is 2. The van der Waals surface area contributed by atoms with Gasteiger partial charge in [0, 0.05) is 5.56 Å². The molecule has 102 valence electrons.